The molecule has 0 spiro atoms. The van der Waals surface area contributed by atoms with Crippen LogP contribution in [0, 0.1) is 0 Å². The van der Waals surface area contributed by atoms with Crippen LogP contribution < -0.4 is 0 Å². The Balaban J connectivity index is 3.32. The minimum atomic E-state index is -0.875. The zero-order chi connectivity index (χ0) is 13.6. The molecule has 4 nitrogen and oxygen atoms in total. The molecule has 0 fully saturated rings. The van der Waals surface area contributed by atoms with Gasteiger partial charge in [-0.05, 0) is 12.8 Å². The summed E-state index contributed by atoms with van der Waals surface area (Å²) < 4.78 is 9.48. The van der Waals surface area contributed by atoms with E-state index in [4.69, 9.17) is 4.74 Å². The largest absolute Gasteiger partial charge is 0.457 e. The summed E-state index contributed by atoms with van der Waals surface area (Å²) in [5.41, 5.74) is 0. The average molecular weight is 258 g/mol. The molecule has 0 aromatic rings. The molecule has 0 aromatic carbocycles. The van der Waals surface area contributed by atoms with Crippen molar-refractivity contribution in [3.8, 4) is 0 Å². The van der Waals surface area contributed by atoms with Gasteiger partial charge in [0.2, 0.25) is 0 Å². The Morgan fingerprint density at radius 1 is 0.667 bits per heavy atom. The van der Waals surface area contributed by atoms with Crippen LogP contribution in [0.2, 0.25) is 0 Å². The van der Waals surface area contributed by atoms with E-state index in [0.717, 1.165) is 19.3 Å². The molecule has 0 aliphatic carbocycles. The number of carbonyl (C=O) groups is 2. The Kier molecular flexibility index (Phi) is 11.7. The summed E-state index contributed by atoms with van der Waals surface area (Å²) in [4.78, 5) is 22.2. The summed E-state index contributed by atoms with van der Waals surface area (Å²) >= 11 is 0. The van der Waals surface area contributed by atoms with Gasteiger partial charge in [0.05, 0.1) is 13.2 Å². The highest BCUT2D eigenvalue weighted by Crippen LogP contribution is 2.06. The quantitative estimate of drug-likeness (QED) is 0.343. The predicted octanol–water partition coefficient (Wildman–Crippen LogP) is 3.23. The molecule has 0 aliphatic heterocycles. The minimum absolute atomic E-state index is 0.269. The fourth-order valence-corrected chi connectivity index (χ4v) is 1.54. The molecule has 0 bridgehead atoms. The third-order valence-electron chi connectivity index (χ3n) is 2.58. The predicted molar refractivity (Wildman–Crippen MR) is 70.2 cm³/mol. The molecule has 0 amide bonds. The first kappa shape index (κ1) is 16.9. The molecule has 0 aromatic heterocycles. The van der Waals surface area contributed by atoms with E-state index in [1.54, 1.807) is 0 Å². The number of hydrogen-bond acceptors (Lipinski definition) is 4. The smallest absolute Gasteiger partial charge is 0.417 e. The fourth-order valence-electron chi connectivity index (χ4n) is 1.54. The summed E-state index contributed by atoms with van der Waals surface area (Å²) in [6, 6.07) is 0. The van der Waals surface area contributed by atoms with Gasteiger partial charge in [0.25, 0.3) is 0 Å². The Labute approximate surface area is 110 Å². The number of unbranched alkanes of at least 4 members (excludes halogenated alkanes) is 6. The topological polar surface area (TPSA) is 52.6 Å². The van der Waals surface area contributed by atoms with Crippen LogP contribution in [0.1, 0.15) is 65.2 Å². The zero-order valence-corrected chi connectivity index (χ0v) is 11.7. The molecule has 0 heterocycles. The van der Waals surface area contributed by atoms with E-state index in [1.165, 1.54) is 25.7 Å². The van der Waals surface area contributed by atoms with Gasteiger partial charge < -0.3 is 9.47 Å². The second-order valence-electron chi connectivity index (χ2n) is 4.39. The van der Waals surface area contributed by atoms with E-state index < -0.39 is 11.9 Å². The molecule has 0 unspecified atom stereocenters. The Hall–Kier alpha value is -1.06. The van der Waals surface area contributed by atoms with Gasteiger partial charge in [0, 0.05) is 0 Å². The van der Waals surface area contributed by atoms with Crippen molar-refractivity contribution in [3.05, 3.63) is 0 Å². The summed E-state index contributed by atoms with van der Waals surface area (Å²) in [7, 11) is 0. The van der Waals surface area contributed by atoms with Crippen molar-refractivity contribution in [2.45, 2.75) is 65.2 Å². The van der Waals surface area contributed by atoms with E-state index in [1.807, 2.05) is 6.92 Å². The van der Waals surface area contributed by atoms with Crippen molar-refractivity contribution in [3.63, 3.8) is 0 Å². The summed E-state index contributed by atoms with van der Waals surface area (Å²) in [5.74, 6) is -1.74. The van der Waals surface area contributed by atoms with Crippen LogP contribution in [0.4, 0.5) is 0 Å². The van der Waals surface area contributed by atoms with Gasteiger partial charge in [-0.1, -0.05) is 52.4 Å². The summed E-state index contributed by atoms with van der Waals surface area (Å²) in [6.07, 6.45) is 8.78. The Morgan fingerprint density at radius 3 is 1.72 bits per heavy atom. The highest BCUT2D eigenvalue weighted by atomic mass is 16.6. The highest BCUT2D eigenvalue weighted by Gasteiger charge is 2.16. The van der Waals surface area contributed by atoms with Gasteiger partial charge in [0.15, 0.2) is 0 Å². The molecular formula is C14H26O4. The molecule has 0 aliphatic rings. The molecular weight excluding hydrogens is 232 g/mol. The van der Waals surface area contributed by atoms with Gasteiger partial charge in [-0.3, -0.25) is 0 Å². The van der Waals surface area contributed by atoms with Gasteiger partial charge in [-0.2, -0.15) is 0 Å². The maximum absolute atomic E-state index is 11.1. The molecule has 106 valence electrons. The highest BCUT2D eigenvalue weighted by molar-refractivity contribution is 6.29. The van der Waals surface area contributed by atoms with Gasteiger partial charge in [0.1, 0.15) is 0 Å². The summed E-state index contributed by atoms with van der Waals surface area (Å²) in [5, 5.41) is 0. The number of rotatable bonds is 10. The molecule has 0 atom stereocenters. The Morgan fingerprint density at radius 2 is 1.17 bits per heavy atom. The first-order chi connectivity index (χ1) is 8.72. The number of esters is 2. The lowest BCUT2D eigenvalue weighted by atomic mass is 10.1. The fraction of sp³-hybridized carbons (Fsp3) is 0.857. The SMILES string of the molecule is CCCCCCCCCOC(=O)C(=O)OCCC. The van der Waals surface area contributed by atoms with E-state index in [-0.39, 0.29) is 6.61 Å². The lowest BCUT2D eigenvalue weighted by molar-refractivity contribution is -0.167. The first-order valence-electron chi connectivity index (χ1n) is 7.06. The maximum Gasteiger partial charge on any atom is 0.417 e. The van der Waals surface area contributed by atoms with Crippen molar-refractivity contribution in [1.29, 1.82) is 0 Å². The monoisotopic (exact) mass is 258 g/mol. The molecule has 0 N–H and O–H groups in total. The number of carbonyl (C=O) groups excluding carboxylic acids is 2. The van der Waals surface area contributed by atoms with E-state index >= 15 is 0 Å². The molecule has 0 saturated heterocycles. The van der Waals surface area contributed by atoms with Crippen LogP contribution in [-0.4, -0.2) is 25.2 Å². The maximum atomic E-state index is 11.1. The molecule has 0 rings (SSSR count). The third kappa shape index (κ3) is 10.1. The van der Waals surface area contributed by atoms with Crippen LogP contribution in [0.15, 0.2) is 0 Å². The standard InChI is InChI=1S/C14H26O4/c1-3-5-6-7-8-9-10-12-18-14(16)13(15)17-11-4-2/h3-12H2,1-2H3. The zero-order valence-electron chi connectivity index (χ0n) is 11.7. The van der Waals surface area contributed by atoms with E-state index in [9.17, 15) is 9.59 Å². The van der Waals surface area contributed by atoms with Crippen molar-refractivity contribution in [2.75, 3.05) is 13.2 Å². The number of ether oxygens (including phenoxy) is 2. The second-order valence-corrected chi connectivity index (χ2v) is 4.39. The molecule has 0 radical (unpaired) electrons. The van der Waals surface area contributed by atoms with Crippen LogP contribution in [0.3, 0.4) is 0 Å². The van der Waals surface area contributed by atoms with Crippen LogP contribution in [-0.2, 0) is 19.1 Å². The molecule has 4 heteroatoms. The minimum Gasteiger partial charge on any atom is -0.457 e. The third-order valence-corrected chi connectivity index (χ3v) is 2.58. The second kappa shape index (κ2) is 12.4. The van der Waals surface area contributed by atoms with Gasteiger partial charge in [-0.15, -0.1) is 0 Å². The van der Waals surface area contributed by atoms with E-state index in [2.05, 4.69) is 11.7 Å². The average Bonchev–Trinajstić information content (AvgIpc) is 2.38. The van der Waals surface area contributed by atoms with Crippen molar-refractivity contribution < 1.29 is 19.1 Å². The van der Waals surface area contributed by atoms with Crippen molar-refractivity contribution in [2.24, 2.45) is 0 Å². The van der Waals surface area contributed by atoms with Crippen LogP contribution in [0.25, 0.3) is 0 Å². The van der Waals surface area contributed by atoms with Crippen molar-refractivity contribution >= 4 is 11.9 Å². The van der Waals surface area contributed by atoms with Gasteiger partial charge >= 0.3 is 11.9 Å². The van der Waals surface area contributed by atoms with Crippen LogP contribution >= 0.6 is 0 Å². The number of hydrogen-bond donors (Lipinski definition) is 0. The normalized spacial score (nSPS) is 10.1. The van der Waals surface area contributed by atoms with Crippen LogP contribution in [0.5, 0.6) is 0 Å². The lowest BCUT2D eigenvalue weighted by Gasteiger charge is -2.04. The molecule has 18 heavy (non-hydrogen) atoms. The Bertz CT molecular complexity index is 226. The van der Waals surface area contributed by atoms with Gasteiger partial charge in [-0.25, -0.2) is 9.59 Å². The molecule has 0 saturated carbocycles. The lowest BCUT2D eigenvalue weighted by Crippen LogP contribution is -2.21. The van der Waals surface area contributed by atoms with E-state index in [0.29, 0.717) is 13.0 Å². The van der Waals surface area contributed by atoms with Crippen molar-refractivity contribution in [1.82, 2.24) is 0 Å². The summed E-state index contributed by atoms with van der Waals surface area (Å²) in [6.45, 7) is 4.65. The first-order valence-corrected chi connectivity index (χ1v) is 7.06.